The Morgan fingerprint density at radius 3 is 1.38 bits per heavy atom. The second-order valence-electron chi connectivity index (χ2n) is 14.2. The van der Waals surface area contributed by atoms with Crippen LogP contribution in [0.3, 0.4) is 0 Å². The lowest BCUT2D eigenvalue weighted by atomic mass is 9.90. The van der Waals surface area contributed by atoms with E-state index in [1.54, 1.807) is 0 Å². The van der Waals surface area contributed by atoms with E-state index in [0.29, 0.717) is 32.0 Å². The number of esters is 2. The van der Waals surface area contributed by atoms with Gasteiger partial charge in [0.1, 0.15) is 0 Å². The monoisotopic (exact) mass is 668 g/mol. The Morgan fingerprint density at radius 2 is 0.872 bits per heavy atom. The van der Waals surface area contributed by atoms with E-state index in [0.717, 1.165) is 83.8 Å². The highest BCUT2D eigenvalue weighted by molar-refractivity contribution is 5.69. The zero-order valence-electron chi connectivity index (χ0n) is 31.9. The number of ether oxygens (including phenoxy) is 2. The first-order valence-electron chi connectivity index (χ1n) is 20.7. The van der Waals surface area contributed by atoms with E-state index in [9.17, 15) is 14.7 Å². The van der Waals surface area contributed by atoms with Gasteiger partial charge < -0.3 is 19.5 Å². The molecule has 0 aliphatic carbocycles. The van der Waals surface area contributed by atoms with Crippen molar-refractivity contribution in [2.75, 3.05) is 39.5 Å². The van der Waals surface area contributed by atoms with Crippen LogP contribution < -0.4 is 0 Å². The average molecular weight is 668 g/mol. The molecule has 0 aliphatic rings. The second kappa shape index (κ2) is 37.7. The Balaban J connectivity index is 3.94. The van der Waals surface area contributed by atoms with Gasteiger partial charge in [-0.05, 0) is 70.4 Å². The number of carbonyl (C=O) groups excluding carboxylic acids is 2. The number of aliphatic hydroxyl groups is 1. The largest absolute Gasteiger partial charge is 0.466 e. The van der Waals surface area contributed by atoms with Crippen molar-refractivity contribution >= 4 is 11.9 Å². The van der Waals surface area contributed by atoms with Crippen molar-refractivity contribution < 1.29 is 24.2 Å². The maximum absolute atomic E-state index is 12.4. The van der Waals surface area contributed by atoms with Gasteiger partial charge >= 0.3 is 11.9 Å². The SMILES string of the molecule is CCCCCCCCCCCOC(=O)CCCCCN(CCCO)CCCCCOC(=O)CCC(CCCCCC)CCCCCC. The molecule has 0 spiro atoms. The molecule has 0 heterocycles. The Morgan fingerprint density at radius 1 is 0.468 bits per heavy atom. The second-order valence-corrected chi connectivity index (χ2v) is 14.2. The van der Waals surface area contributed by atoms with E-state index in [4.69, 9.17) is 9.47 Å². The maximum Gasteiger partial charge on any atom is 0.305 e. The Hall–Kier alpha value is -1.14. The Bertz CT molecular complexity index is 646. The first kappa shape index (κ1) is 45.9. The summed E-state index contributed by atoms with van der Waals surface area (Å²) in [4.78, 5) is 26.9. The molecule has 47 heavy (non-hydrogen) atoms. The van der Waals surface area contributed by atoms with Crippen molar-refractivity contribution in [3.63, 3.8) is 0 Å². The smallest absolute Gasteiger partial charge is 0.305 e. The molecule has 6 nitrogen and oxygen atoms in total. The van der Waals surface area contributed by atoms with Crippen LogP contribution in [0, 0.1) is 5.92 Å². The number of nitrogens with zero attached hydrogens (tertiary/aromatic N) is 1. The number of carbonyl (C=O) groups is 2. The van der Waals surface area contributed by atoms with Crippen molar-refractivity contribution in [2.24, 2.45) is 5.92 Å². The lowest BCUT2D eigenvalue weighted by Crippen LogP contribution is -2.28. The molecule has 0 unspecified atom stereocenters. The van der Waals surface area contributed by atoms with E-state index in [2.05, 4.69) is 25.7 Å². The number of hydrogen-bond donors (Lipinski definition) is 1. The molecule has 0 amide bonds. The van der Waals surface area contributed by atoms with Crippen LogP contribution in [0.15, 0.2) is 0 Å². The van der Waals surface area contributed by atoms with Crippen LogP contribution in [0.1, 0.15) is 207 Å². The summed E-state index contributed by atoms with van der Waals surface area (Å²) in [6, 6.07) is 0. The minimum absolute atomic E-state index is 0.0194. The zero-order valence-corrected chi connectivity index (χ0v) is 31.9. The molecular weight excluding hydrogens is 586 g/mol. The number of hydrogen-bond acceptors (Lipinski definition) is 6. The number of unbranched alkanes of at least 4 members (excludes halogenated alkanes) is 18. The first-order valence-corrected chi connectivity index (χ1v) is 20.7. The molecular formula is C41H81NO5. The number of rotatable bonds is 38. The molecule has 0 aromatic rings. The van der Waals surface area contributed by atoms with E-state index in [1.807, 2.05) is 0 Å². The third kappa shape index (κ3) is 34.5. The van der Waals surface area contributed by atoms with Gasteiger partial charge in [0, 0.05) is 26.0 Å². The van der Waals surface area contributed by atoms with E-state index in [1.165, 1.54) is 109 Å². The molecule has 0 saturated carbocycles. The van der Waals surface area contributed by atoms with Gasteiger partial charge in [-0.1, -0.05) is 143 Å². The fourth-order valence-corrected chi connectivity index (χ4v) is 6.43. The summed E-state index contributed by atoms with van der Waals surface area (Å²) in [5.74, 6) is 0.602. The third-order valence-corrected chi connectivity index (χ3v) is 9.57. The minimum Gasteiger partial charge on any atom is -0.466 e. The fraction of sp³-hybridized carbons (Fsp3) is 0.951. The predicted octanol–water partition coefficient (Wildman–Crippen LogP) is 11.4. The van der Waals surface area contributed by atoms with Crippen molar-refractivity contribution in [3.05, 3.63) is 0 Å². The molecule has 1 N–H and O–H groups in total. The molecule has 0 aliphatic heterocycles. The minimum atomic E-state index is -0.0490. The van der Waals surface area contributed by atoms with Crippen LogP contribution in [0.4, 0.5) is 0 Å². The third-order valence-electron chi connectivity index (χ3n) is 9.57. The summed E-state index contributed by atoms with van der Waals surface area (Å²) in [5, 5.41) is 9.33. The van der Waals surface area contributed by atoms with Crippen LogP contribution in [0.2, 0.25) is 0 Å². The molecule has 0 aromatic carbocycles. The van der Waals surface area contributed by atoms with E-state index < -0.39 is 0 Å². The summed E-state index contributed by atoms with van der Waals surface area (Å²) >= 11 is 0. The van der Waals surface area contributed by atoms with Gasteiger partial charge in [-0.2, -0.15) is 0 Å². The van der Waals surface area contributed by atoms with E-state index >= 15 is 0 Å². The molecule has 0 bridgehead atoms. The van der Waals surface area contributed by atoms with Gasteiger partial charge in [-0.15, -0.1) is 0 Å². The maximum atomic E-state index is 12.4. The molecule has 280 valence electrons. The zero-order chi connectivity index (χ0) is 34.5. The van der Waals surface area contributed by atoms with Crippen molar-refractivity contribution in [3.8, 4) is 0 Å². The summed E-state index contributed by atoms with van der Waals surface area (Å²) in [7, 11) is 0. The predicted molar refractivity (Wildman–Crippen MR) is 200 cm³/mol. The highest BCUT2D eigenvalue weighted by atomic mass is 16.5. The van der Waals surface area contributed by atoms with E-state index in [-0.39, 0.29) is 18.5 Å². The molecule has 0 aromatic heterocycles. The lowest BCUT2D eigenvalue weighted by molar-refractivity contribution is -0.145. The highest BCUT2D eigenvalue weighted by Crippen LogP contribution is 2.23. The summed E-state index contributed by atoms with van der Waals surface area (Å²) in [5.41, 5.74) is 0. The summed E-state index contributed by atoms with van der Waals surface area (Å²) in [6.07, 6.45) is 33.3. The van der Waals surface area contributed by atoms with Gasteiger partial charge in [-0.3, -0.25) is 9.59 Å². The standard InChI is InChI=1S/C41H81NO5/c1-4-7-10-13-14-15-16-17-25-37-46-40(44)30-22-18-23-33-42(35-27-36-43)34-24-19-26-38-47-41(45)32-31-39(28-20-11-8-5-2)29-21-12-9-6-3/h39,43H,4-38H2,1-3H3. The van der Waals surface area contributed by atoms with Crippen LogP contribution >= 0.6 is 0 Å². The van der Waals surface area contributed by atoms with Gasteiger partial charge in [0.05, 0.1) is 13.2 Å². The van der Waals surface area contributed by atoms with Crippen molar-refractivity contribution in [1.82, 2.24) is 4.90 Å². The molecule has 0 radical (unpaired) electrons. The molecule has 0 rings (SSSR count). The van der Waals surface area contributed by atoms with Gasteiger partial charge in [0.15, 0.2) is 0 Å². The quantitative estimate of drug-likeness (QED) is 0.0521. The van der Waals surface area contributed by atoms with Gasteiger partial charge in [-0.25, -0.2) is 0 Å². The van der Waals surface area contributed by atoms with Gasteiger partial charge in [0.25, 0.3) is 0 Å². The normalized spacial score (nSPS) is 11.5. The molecule has 0 saturated heterocycles. The average Bonchev–Trinajstić information content (AvgIpc) is 3.07. The van der Waals surface area contributed by atoms with Crippen LogP contribution in [0.5, 0.6) is 0 Å². The number of aliphatic hydroxyl groups excluding tert-OH is 1. The molecule has 6 heteroatoms. The lowest BCUT2D eigenvalue weighted by Gasteiger charge is -2.22. The Kier molecular flexibility index (Phi) is 36.8. The van der Waals surface area contributed by atoms with Crippen molar-refractivity contribution in [1.29, 1.82) is 0 Å². The molecule has 0 atom stereocenters. The topological polar surface area (TPSA) is 76.1 Å². The fourth-order valence-electron chi connectivity index (χ4n) is 6.43. The summed E-state index contributed by atoms with van der Waals surface area (Å²) < 4.78 is 11.0. The van der Waals surface area contributed by atoms with Gasteiger partial charge in [0.2, 0.25) is 0 Å². The summed E-state index contributed by atoms with van der Waals surface area (Å²) in [6.45, 7) is 11.0. The Labute approximate surface area is 292 Å². The van der Waals surface area contributed by atoms with Crippen LogP contribution in [0.25, 0.3) is 0 Å². The highest BCUT2D eigenvalue weighted by Gasteiger charge is 2.13. The van der Waals surface area contributed by atoms with Crippen molar-refractivity contribution in [2.45, 2.75) is 207 Å². The van der Waals surface area contributed by atoms with Crippen LogP contribution in [-0.2, 0) is 19.1 Å². The first-order chi connectivity index (χ1) is 23.1. The molecule has 0 fully saturated rings. The van der Waals surface area contributed by atoms with Crippen LogP contribution in [-0.4, -0.2) is 61.4 Å².